The molecular weight excluding hydrogens is 262 g/mol. The summed E-state index contributed by atoms with van der Waals surface area (Å²) >= 11 is 0. The molecule has 1 heterocycles. The van der Waals surface area contributed by atoms with E-state index in [1.807, 2.05) is 18.5 Å². The summed E-state index contributed by atoms with van der Waals surface area (Å²) in [6, 6.07) is 5.95. The highest BCUT2D eigenvalue weighted by Gasteiger charge is 2.11. The van der Waals surface area contributed by atoms with Gasteiger partial charge >= 0.3 is 0 Å². The molecule has 1 aromatic heterocycles. The third-order valence-corrected chi connectivity index (χ3v) is 3.57. The van der Waals surface area contributed by atoms with Gasteiger partial charge in [0, 0.05) is 18.3 Å². The number of benzene rings is 1. The van der Waals surface area contributed by atoms with E-state index in [1.165, 1.54) is 16.7 Å². The van der Waals surface area contributed by atoms with Crippen LogP contribution in [0.4, 0.5) is 0 Å². The van der Waals surface area contributed by atoms with Gasteiger partial charge < -0.3 is 5.32 Å². The number of aromatic nitrogens is 2. The van der Waals surface area contributed by atoms with Crippen molar-refractivity contribution < 1.29 is 0 Å². The van der Waals surface area contributed by atoms with Gasteiger partial charge in [-0.3, -0.25) is 4.79 Å². The molecule has 0 saturated heterocycles. The molecule has 0 fully saturated rings. The molecule has 0 atom stereocenters. The van der Waals surface area contributed by atoms with Gasteiger partial charge in [0.15, 0.2) is 0 Å². The molecule has 0 aliphatic heterocycles. The molecule has 0 aliphatic rings. The largest absolute Gasteiger partial charge is 0.311 e. The van der Waals surface area contributed by atoms with Crippen molar-refractivity contribution in [1.29, 1.82) is 0 Å². The lowest BCUT2D eigenvalue weighted by Crippen LogP contribution is -2.25. The molecule has 0 bridgehead atoms. The van der Waals surface area contributed by atoms with Crippen molar-refractivity contribution in [2.75, 3.05) is 6.54 Å². The maximum absolute atomic E-state index is 12.0. The Balaban J connectivity index is 2.61. The minimum atomic E-state index is -0.00730. The number of aryl methyl sites for hydroxylation is 4. The van der Waals surface area contributed by atoms with E-state index in [9.17, 15) is 4.79 Å². The zero-order valence-electron chi connectivity index (χ0n) is 13.4. The van der Waals surface area contributed by atoms with E-state index in [-0.39, 0.29) is 5.43 Å². The van der Waals surface area contributed by atoms with Crippen LogP contribution < -0.4 is 10.7 Å². The third-order valence-electron chi connectivity index (χ3n) is 3.57. The van der Waals surface area contributed by atoms with Gasteiger partial charge in [0.25, 0.3) is 0 Å². The molecule has 112 valence electrons. The number of nitrogens with zero attached hydrogens (tertiary/aromatic N) is 2. The molecule has 4 nitrogen and oxygen atoms in total. The predicted octanol–water partition coefficient (Wildman–Crippen LogP) is 2.58. The summed E-state index contributed by atoms with van der Waals surface area (Å²) in [6.45, 7) is 11.5. The molecule has 0 unspecified atom stereocenters. The van der Waals surface area contributed by atoms with Gasteiger partial charge in [0.1, 0.15) is 5.69 Å². The van der Waals surface area contributed by atoms with Crippen molar-refractivity contribution in [3.05, 3.63) is 56.5 Å². The van der Waals surface area contributed by atoms with E-state index in [0.717, 1.165) is 17.9 Å². The fraction of sp³-hybridized carbons (Fsp3) is 0.412. The van der Waals surface area contributed by atoms with Gasteiger partial charge in [0.05, 0.1) is 5.69 Å². The van der Waals surface area contributed by atoms with Crippen molar-refractivity contribution >= 4 is 0 Å². The average molecular weight is 285 g/mol. The van der Waals surface area contributed by atoms with E-state index in [4.69, 9.17) is 0 Å². The normalized spacial score (nSPS) is 10.9. The lowest BCUT2D eigenvalue weighted by molar-refractivity contribution is 0.664. The number of hydrogen-bond acceptors (Lipinski definition) is 3. The van der Waals surface area contributed by atoms with E-state index < -0.39 is 0 Å². The Morgan fingerprint density at radius 2 is 1.71 bits per heavy atom. The van der Waals surface area contributed by atoms with Crippen molar-refractivity contribution in [3.8, 4) is 5.69 Å². The van der Waals surface area contributed by atoms with Gasteiger partial charge in [-0.25, -0.2) is 4.68 Å². The monoisotopic (exact) mass is 285 g/mol. The second kappa shape index (κ2) is 6.22. The van der Waals surface area contributed by atoms with Crippen LogP contribution in [0.3, 0.4) is 0 Å². The van der Waals surface area contributed by atoms with Crippen LogP contribution in [0, 0.1) is 27.7 Å². The summed E-state index contributed by atoms with van der Waals surface area (Å²) in [5.41, 5.74) is 6.04. The molecule has 0 radical (unpaired) electrons. The highest BCUT2D eigenvalue weighted by atomic mass is 16.1. The highest BCUT2D eigenvalue weighted by molar-refractivity contribution is 5.49. The van der Waals surface area contributed by atoms with Gasteiger partial charge in [0.2, 0.25) is 5.43 Å². The summed E-state index contributed by atoms with van der Waals surface area (Å²) in [5, 5.41) is 7.74. The Bertz CT molecular complexity index is 693. The summed E-state index contributed by atoms with van der Waals surface area (Å²) < 4.78 is 1.89. The lowest BCUT2D eigenvalue weighted by atomic mass is 10.0. The van der Waals surface area contributed by atoms with E-state index in [2.05, 4.69) is 43.3 Å². The van der Waals surface area contributed by atoms with Crippen LogP contribution in [0.15, 0.2) is 23.0 Å². The molecule has 21 heavy (non-hydrogen) atoms. The van der Waals surface area contributed by atoms with Crippen LogP contribution in [0.25, 0.3) is 5.69 Å². The lowest BCUT2D eigenvalue weighted by Gasteiger charge is -2.17. The van der Waals surface area contributed by atoms with Crippen LogP contribution in [-0.2, 0) is 6.54 Å². The van der Waals surface area contributed by atoms with Crippen LogP contribution in [0.5, 0.6) is 0 Å². The maximum Gasteiger partial charge on any atom is 0.204 e. The first kappa shape index (κ1) is 15.4. The van der Waals surface area contributed by atoms with Crippen LogP contribution in [0.2, 0.25) is 0 Å². The molecule has 1 N–H and O–H groups in total. The van der Waals surface area contributed by atoms with Crippen molar-refractivity contribution in [2.24, 2.45) is 0 Å². The minimum Gasteiger partial charge on any atom is -0.311 e. The third kappa shape index (κ3) is 3.22. The molecule has 1 aromatic carbocycles. The molecule has 0 spiro atoms. The Morgan fingerprint density at radius 1 is 1.10 bits per heavy atom. The zero-order chi connectivity index (χ0) is 15.6. The molecule has 0 amide bonds. The molecule has 0 aliphatic carbocycles. The second-order valence-electron chi connectivity index (χ2n) is 5.54. The van der Waals surface area contributed by atoms with Crippen molar-refractivity contribution in [3.63, 3.8) is 0 Å². The van der Waals surface area contributed by atoms with E-state index in [0.29, 0.717) is 12.2 Å². The number of hydrogen-bond donors (Lipinski definition) is 1. The van der Waals surface area contributed by atoms with Crippen molar-refractivity contribution in [2.45, 2.75) is 41.2 Å². The molecule has 2 rings (SSSR count). The summed E-state index contributed by atoms with van der Waals surface area (Å²) in [5.74, 6) is 0. The summed E-state index contributed by atoms with van der Waals surface area (Å²) in [7, 11) is 0. The van der Waals surface area contributed by atoms with Crippen LogP contribution in [-0.4, -0.2) is 16.3 Å². The van der Waals surface area contributed by atoms with Crippen LogP contribution >= 0.6 is 0 Å². The predicted molar refractivity (Wildman–Crippen MR) is 86.2 cm³/mol. The highest BCUT2D eigenvalue weighted by Crippen LogP contribution is 2.21. The SMILES string of the molecule is CCNCc1nn(-c2c(C)cc(C)cc2C)c(C)cc1=O. The Hall–Kier alpha value is -1.94. The Kier molecular flexibility index (Phi) is 4.58. The molecular formula is C17H23N3O. The van der Waals surface area contributed by atoms with Crippen molar-refractivity contribution in [1.82, 2.24) is 15.1 Å². The first-order valence-electron chi connectivity index (χ1n) is 7.32. The van der Waals surface area contributed by atoms with E-state index >= 15 is 0 Å². The van der Waals surface area contributed by atoms with Gasteiger partial charge in [-0.2, -0.15) is 5.10 Å². The summed E-state index contributed by atoms with van der Waals surface area (Å²) in [6.07, 6.45) is 0. The fourth-order valence-electron chi connectivity index (χ4n) is 2.68. The minimum absolute atomic E-state index is 0.00730. The van der Waals surface area contributed by atoms with Gasteiger partial charge in [-0.15, -0.1) is 0 Å². The quantitative estimate of drug-likeness (QED) is 0.939. The smallest absolute Gasteiger partial charge is 0.204 e. The maximum atomic E-state index is 12.0. The molecule has 2 aromatic rings. The summed E-state index contributed by atoms with van der Waals surface area (Å²) in [4.78, 5) is 12.0. The molecule has 4 heteroatoms. The van der Waals surface area contributed by atoms with Crippen LogP contribution in [0.1, 0.15) is 35.0 Å². The Morgan fingerprint density at radius 3 is 2.29 bits per heavy atom. The topological polar surface area (TPSA) is 46.9 Å². The fourth-order valence-corrected chi connectivity index (χ4v) is 2.68. The molecule has 0 saturated carbocycles. The first-order valence-corrected chi connectivity index (χ1v) is 7.32. The number of rotatable bonds is 4. The second-order valence-corrected chi connectivity index (χ2v) is 5.54. The average Bonchev–Trinajstić information content (AvgIpc) is 2.38. The van der Waals surface area contributed by atoms with Gasteiger partial charge in [-0.1, -0.05) is 24.6 Å². The first-order chi connectivity index (χ1) is 9.93. The standard InChI is InChI=1S/C17H23N3O/c1-6-18-10-15-16(21)9-14(5)20(19-15)17-12(3)7-11(2)8-13(17)4/h7-9,18H,6,10H2,1-5H3. The number of nitrogens with one attached hydrogen (secondary N) is 1. The van der Waals surface area contributed by atoms with E-state index in [1.54, 1.807) is 6.07 Å². The Labute approximate surface area is 125 Å². The van der Waals surface area contributed by atoms with Gasteiger partial charge in [-0.05, 0) is 45.4 Å². The zero-order valence-corrected chi connectivity index (χ0v) is 13.4.